The lowest BCUT2D eigenvalue weighted by Gasteiger charge is -2.13. The highest BCUT2D eigenvalue weighted by molar-refractivity contribution is 5.80. The number of benzene rings is 2. The Kier molecular flexibility index (Phi) is 3.65. The van der Waals surface area contributed by atoms with Gasteiger partial charge in [0.1, 0.15) is 0 Å². The molecule has 104 valence electrons. The molecule has 3 nitrogen and oxygen atoms in total. The van der Waals surface area contributed by atoms with Crippen LogP contribution in [0.3, 0.4) is 0 Å². The van der Waals surface area contributed by atoms with Crippen molar-refractivity contribution in [3.63, 3.8) is 0 Å². The molecule has 1 aromatic heterocycles. The molecule has 1 atom stereocenters. The van der Waals surface area contributed by atoms with E-state index in [9.17, 15) is 9.90 Å². The number of nitrogens with zero attached hydrogens (tertiary/aromatic N) is 1. The first-order chi connectivity index (χ1) is 10.2. The Bertz CT molecular complexity index is 768. The normalized spacial score (nSPS) is 12.2. The molecule has 0 amide bonds. The van der Waals surface area contributed by atoms with E-state index in [0.29, 0.717) is 6.42 Å². The van der Waals surface area contributed by atoms with Crippen molar-refractivity contribution in [1.82, 2.24) is 4.98 Å². The number of hydrogen-bond donors (Lipinski definition) is 1. The number of pyridine rings is 1. The minimum atomic E-state index is -0.811. The Morgan fingerprint density at radius 2 is 1.76 bits per heavy atom. The second-order valence-corrected chi connectivity index (χ2v) is 5.04. The first-order valence-electron chi connectivity index (χ1n) is 6.85. The van der Waals surface area contributed by atoms with Crippen LogP contribution in [0.2, 0.25) is 0 Å². The van der Waals surface area contributed by atoms with Crippen LogP contribution in [-0.2, 0) is 11.2 Å². The van der Waals surface area contributed by atoms with Crippen molar-refractivity contribution in [3.05, 3.63) is 78.0 Å². The lowest BCUT2D eigenvalue weighted by atomic mass is 9.92. The molecule has 0 aliphatic heterocycles. The molecule has 0 aliphatic carbocycles. The maximum atomic E-state index is 11.5. The highest BCUT2D eigenvalue weighted by Crippen LogP contribution is 2.22. The number of para-hydroxylation sites is 1. The fourth-order valence-corrected chi connectivity index (χ4v) is 2.50. The number of aromatic nitrogens is 1. The Balaban J connectivity index is 1.93. The summed E-state index contributed by atoms with van der Waals surface area (Å²) >= 11 is 0. The summed E-state index contributed by atoms with van der Waals surface area (Å²) in [7, 11) is 0. The standard InChI is InChI=1S/C18H15NO2/c20-18(21)16(14-6-2-1-3-7-14)11-13-10-15-8-4-5-9-17(15)19-12-13/h1-10,12,16H,11H2,(H,20,21). The summed E-state index contributed by atoms with van der Waals surface area (Å²) in [4.78, 5) is 15.9. The first-order valence-corrected chi connectivity index (χ1v) is 6.85. The van der Waals surface area contributed by atoms with E-state index < -0.39 is 11.9 Å². The third kappa shape index (κ3) is 2.92. The van der Waals surface area contributed by atoms with Crippen LogP contribution < -0.4 is 0 Å². The molecule has 21 heavy (non-hydrogen) atoms. The third-order valence-corrected chi connectivity index (χ3v) is 3.59. The molecule has 0 saturated carbocycles. The van der Waals surface area contributed by atoms with Crippen LogP contribution in [0, 0.1) is 0 Å². The molecule has 2 aromatic carbocycles. The molecular weight excluding hydrogens is 262 g/mol. The molecule has 1 unspecified atom stereocenters. The van der Waals surface area contributed by atoms with E-state index in [4.69, 9.17) is 0 Å². The van der Waals surface area contributed by atoms with Gasteiger partial charge in [0.25, 0.3) is 0 Å². The van der Waals surface area contributed by atoms with Crippen molar-refractivity contribution in [2.45, 2.75) is 12.3 Å². The van der Waals surface area contributed by atoms with E-state index in [1.54, 1.807) is 6.20 Å². The number of aliphatic carboxylic acids is 1. The average Bonchev–Trinajstić information content (AvgIpc) is 2.53. The van der Waals surface area contributed by atoms with Gasteiger partial charge in [-0.2, -0.15) is 0 Å². The quantitative estimate of drug-likeness (QED) is 0.792. The Labute approximate surface area is 122 Å². The number of carboxylic acid groups (broad SMARTS) is 1. The van der Waals surface area contributed by atoms with E-state index in [-0.39, 0.29) is 0 Å². The van der Waals surface area contributed by atoms with Gasteiger partial charge in [-0.3, -0.25) is 9.78 Å². The molecule has 3 aromatic rings. The van der Waals surface area contributed by atoms with Crippen LogP contribution in [0.25, 0.3) is 10.9 Å². The highest BCUT2D eigenvalue weighted by Gasteiger charge is 2.20. The number of carboxylic acids is 1. The van der Waals surface area contributed by atoms with Crippen molar-refractivity contribution >= 4 is 16.9 Å². The molecule has 0 aliphatic rings. The van der Waals surface area contributed by atoms with Gasteiger partial charge in [-0.25, -0.2) is 0 Å². The molecule has 1 N–H and O–H groups in total. The Hall–Kier alpha value is -2.68. The summed E-state index contributed by atoms with van der Waals surface area (Å²) in [5.41, 5.74) is 2.68. The fourth-order valence-electron chi connectivity index (χ4n) is 2.50. The molecule has 1 heterocycles. The van der Waals surface area contributed by atoms with Crippen molar-refractivity contribution in [1.29, 1.82) is 0 Å². The predicted molar refractivity (Wildman–Crippen MR) is 82.3 cm³/mol. The lowest BCUT2D eigenvalue weighted by Crippen LogP contribution is -2.14. The van der Waals surface area contributed by atoms with E-state index in [0.717, 1.165) is 22.0 Å². The summed E-state index contributed by atoms with van der Waals surface area (Å²) in [6, 6.07) is 19.2. The first kappa shape index (κ1) is 13.3. The Morgan fingerprint density at radius 1 is 1.05 bits per heavy atom. The van der Waals surface area contributed by atoms with E-state index in [1.807, 2.05) is 60.7 Å². The van der Waals surface area contributed by atoms with Gasteiger partial charge < -0.3 is 5.11 Å². The number of hydrogen-bond acceptors (Lipinski definition) is 2. The highest BCUT2D eigenvalue weighted by atomic mass is 16.4. The molecule has 0 spiro atoms. The summed E-state index contributed by atoms with van der Waals surface area (Å²) in [6.07, 6.45) is 2.21. The lowest BCUT2D eigenvalue weighted by molar-refractivity contribution is -0.138. The topological polar surface area (TPSA) is 50.2 Å². The molecule has 3 rings (SSSR count). The average molecular weight is 277 g/mol. The van der Waals surface area contributed by atoms with Gasteiger partial charge in [-0.05, 0) is 29.7 Å². The molecule has 3 heteroatoms. The summed E-state index contributed by atoms with van der Waals surface area (Å²) in [5.74, 6) is -1.36. The minimum absolute atomic E-state index is 0.442. The van der Waals surface area contributed by atoms with Crippen molar-refractivity contribution < 1.29 is 9.90 Å². The molecule has 0 saturated heterocycles. The number of carbonyl (C=O) groups is 1. The summed E-state index contributed by atoms with van der Waals surface area (Å²) in [5, 5.41) is 10.5. The van der Waals surface area contributed by atoms with E-state index >= 15 is 0 Å². The van der Waals surface area contributed by atoms with Crippen LogP contribution >= 0.6 is 0 Å². The zero-order chi connectivity index (χ0) is 14.7. The van der Waals surface area contributed by atoms with Gasteiger partial charge in [0.15, 0.2) is 0 Å². The van der Waals surface area contributed by atoms with Crippen molar-refractivity contribution in [3.8, 4) is 0 Å². The second kappa shape index (κ2) is 5.75. The smallest absolute Gasteiger partial charge is 0.311 e. The van der Waals surface area contributed by atoms with Gasteiger partial charge in [-0.1, -0.05) is 48.5 Å². The van der Waals surface area contributed by atoms with Crippen molar-refractivity contribution in [2.75, 3.05) is 0 Å². The molecule has 0 bridgehead atoms. The number of fused-ring (bicyclic) bond motifs is 1. The third-order valence-electron chi connectivity index (χ3n) is 3.59. The maximum absolute atomic E-state index is 11.5. The van der Waals surface area contributed by atoms with Gasteiger partial charge in [-0.15, -0.1) is 0 Å². The van der Waals surface area contributed by atoms with Crippen LogP contribution in [0.1, 0.15) is 17.0 Å². The van der Waals surface area contributed by atoms with Crippen LogP contribution in [0.4, 0.5) is 0 Å². The van der Waals surface area contributed by atoms with Crippen LogP contribution in [0.5, 0.6) is 0 Å². The van der Waals surface area contributed by atoms with E-state index in [1.165, 1.54) is 0 Å². The summed E-state index contributed by atoms with van der Waals surface area (Å²) < 4.78 is 0. The minimum Gasteiger partial charge on any atom is -0.481 e. The number of rotatable bonds is 4. The predicted octanol–water partition coefficient (Wildman–Crippen LogP) is 3.65. The molecular formula is C18H15NO2. The molecule has 0 radical (unpaired) electrons. The van der Waals surface area contributed by atoms with Crippen LogP contribution in [0.15, 0.2) is 66.9 Å². The van der Waals surface area contributed by atoms with Gasteiger partial charge in [0.2, 0.25) is 0 Å². The van der Waals surface area contributed by atoms with Gasteiger partial charge in [0, 0.05) is 11.6 Å². The van der Waals surface area contributed by atoms with Gasteiger partial charge in [0.05, 0.1) is 11.4 Å². The SMILES string of the molecule is O=C(O)C(Cc1cnc2ccccc2c1)c1ccccc1. The summed E-state index contributed by atoms with van der Waals surface area (Å²) in [6.45, 7) is 0. The van der Waals surface area contributed by atoms with Crippen LogP contribution in [-0.4, -0.2) is 16.1 Å². The largest absolute Gasteiger partial charge is 0.481 e. The maximum Gasteiger partial charge on any atom is 0.311 e. The monoisotopic (exact) mass is 277 g/mol. The Morgan fingerprint density at radius 3 is 2.52 bits per heavy atom. The zero-order valence-corrected chi connectivity index (χ0v) is 11.4. The van der Waals surface area contributed by atoms with Crippen molar-refractivity contribution in [2.24, 2.45) is 0 Å². The van der Waals surface area contributed by atoms with E-state index in [2.05, 4.69) is 4.98 Å². The molecule has 0 fully saturated rings. The second-order valence-electron chi connectivity index (χ2n) is 5.04. The van der Waals surface area contributed by atoms with Gasteiger partial charge >= 0.3 is 5.97 Å². The zero-order valence-electron chi connectivity index (χ0n) is 11.4. The fraction of sp³-hybridized carbons (Fsp3) is 0.111.